The number of carbonyl (C=O) groups is 1. The Labute approximate surface area is 125 Å². The molecular formula is C13H16N4O3S. The van der Waals surface area contributed by atoms with Crippen molar-refractivity contribution in [1.82, 2.24) is 14.8 Å². The minimum absolute atomic E-state index is 0.0602. The van der Waals surface area contributed by atoms with E-state index >= 15 is 0 Å². The molecule has 2 aromatic heterocycles. The quantitative estimate of drug-likeness (QED) is 0.894. The van der Waals surface area contributed by atoms with Gasteiger partial charge in [0.15, 0.2) is 5.43 Å². The maximum atomic E-state index is 12.0. The number of pyridine rings is 1. The Bertz CT molecular complexity index is 681. The van der Waals surface area contributed by atoms with Crippen molar-refractivity contribution in [2.24, 2.45) is 0 Å². The highest BCUT2D eigenvalue weighted by molar-refractivity contribution is 7.15. The van der Waals surface area contributed by atoms with Crippen molar-refractivity contribution in [3.63, 3.8) is 0 Å². The topological polar surface area (TPSA) is 86.1 Å². The van der Waals surface area contributed by atoms with Gasteiger partial charge in [0.25, 0.3) is 0 Å². The van der Waals surface area contributed by atoms with Crippen LogP contribution in [0.5, 0.6) is 0 Å². The Morgan fingerprint density at radius 3 is 2.62 bits per heavy atom. The molecule has 0 bridgehead atoms. The van der Waals surface area contributed by atoms with Gasteiger partial charge in [0, 0.05) is 30.6 Å². The number of nitrogens with one attached hydrogen (secondary N) is 1. The van der Waals surface area contributed by atoms with E-state index in [1.165, 1.54) is 23.5 Å². The molecule has 7 nitrogen and oxygen atoms in total. The third kappa shape index (κ3) is 3.96. The van der Waals surface area contributed by atoms with E-state index in [1.807, 2.05) is 0 Å². The summed E-state index contributed by atoms with van der Waals surface area (Å²) in [6.45, 7) is 4.08. The smallest absolute Gasteiger partial charge is 0.246 e. The SMILES string of the molecule is COCc1nnc(NC(=O)Cn2c(C)cc(=O)cc2C)s1. The Kier molecular flexibility index (Phi) is 4.81. The number of rotatable bonds is 5. The van der Waals surface area contributed by atoms with Crippen molar-refractivity contribution >= 4 is 22.4 Å². The number of aryl methyl sites for hydroxylation is 2. The lowest BCUT2D eigenvalue weighted by Gasteiger charge is -2.13. The van der Waals surface area contributed by atoms with Crippen LogP contribution in [-0.2, 0) is 22.7 Å². The van der Waals surface area contributed by atoms with Crippen LogP contribution >= 0.6 is 11.3 Å². The van der Waals surface area contributed by atoms with Crippen LogP contribution in [0.3, 0.4) is 0 Å². The molecule has 2 rings (SSSR count). The standard InChI is InChI=1S/C13H16N4O3S/c1-8-4-10(18)5-9(2)17(8)6-11(19)14-13-16-15-12(21-13)7-20-3/h4-5H,6-7H2,1-3H3,(H,14,16,19). The number of carbonyl (C=O) groups excluding carboxylic acids is 1. The van der Waals surface area contributed by atoms with Gasteiger partial charge >= 0.3 is 0 Å². The summed E-state index contributed by atoms with van der Waals surface area (Å²) in [6.07, 6.45) is 0. The van der Waals surface area contributed by atoms with E-state index in [-0.39, 0.29) is 17.9 Å². The minimum atomic E-state index is -0.218. The molecule has 21 heavy (non-hydrogen) atoms. The lowest BCUT2D eigenvalue weighted by Crippen LogP contribution is -2.23. The first-order valence-corrected chi connectivity index (χ1v) is 7.10. The minimum Gasteiger partial charge on any atom is -0.377 e. The van der Waals surface area contributed by atoms with E-state index in [4.69, 9.17) is 4.74 Å². The molecule has 0 atom stereocenters. The van der Waals surface area contributed by atoms with Crippen molar-refractivity contribution < 1.29 is 9.53 Å². The first-order valence-electron chi connectivity index (χ1n) is 6.29. The van der Waals surface area contributed by atoms with Crippen molar-refractivity contribution in [3.05, 3.63) is 38.8 Å². The summed E-state index contributed by atoms with van der Waals surface area (Å²) in [6, 6.07) is 3.00. The van der Waals surface area contributed by atoms with Crippen LogP contribution < -0.4 is 10.7 Å². The van der Waals surface area contributed by atoms with Gasteiger partial charge in [-0.05, 0) is 13.8 Å². The maximum Gasteiger partial charge on any atom is 0.246 e. The van der Waals surface area contributed by atoms with Gasteiger partial charge in [0.1, 0.15) is 18.2 Å². The summed E-state index contributed by atoms with van der Waals surface area (Å²) in [5.74, 6) is -0.218. The first-order chi connectivity index (χ1) is 9.99. The Morgan fingerprint density at radius 1 is 1.33 bits per heavy atom. The predicted octanol–water partition coefficient (Wildman–Crippen LogP) is 1.10. The molecule has 8 heteroatoms. The second-order valence-electron chi connectivity index (χ2n) is 4.54. The number of hydrogen-bond donors (Lipinski definition) is 1. The molecule has 1 amide bonds. The van der Waals surface area contributed by atoms with Crippen molar-refractivity contribution in [2.45, 2.75) is 27.0 Å². The molecule has 0 aromatic carbocycles. The van der Waals surface area contributed by atoms with Gasteiger partial charge in [0.2, 0.25) is 11.0 Å². The Morgan fingerprint density at radius 2 is 2.00 bits per heavy atom. The second kappa shape index (κ2) is 6.59. The average molecular weight is 308 g/mol. The molecule has 0 saturated carbocycles. The van der Waals surface area contributed by atoms with Gasteiger partial charge in [-0.2, -0.15) is 0 Å². The number of ether oxygens (including phenoxy) is 1. The second-order valence-corrected chi connectivity index (χ2v) is 5.60. The normalized spacial score (nSPS) is 10.6. The fourth-order valence-corrected chi connectivity index (χ4v) is 2.65. The van der Waals surface area contributed by atoms with Crippen molar-refractivity contribution in [3.8, 4) is 0 Å². The molecule has 1 N–H and O–H groups in total. The van der Waals surface area contributed by atoms with Crippen LogP contribution in [0.15, 0.2) is 16.9 Å². The monoisotopic (exact) mass is 308 g/mol. The number of nitrogens with zero attached hydrogens (tertiary/aromatic N) is 3. The molecule has 0 aliphatic carbocycles. The summed E-state index contributed by atoms with van der Waals surface area (Å²) in [4.78, 5) is 23.4. The number of anilines is 1. The van der Waals surface area contributed by atoms with Crippen molar-refractivity contribution in [2.75, 3.05) is 12.4 Å². The fraction of sp³-hybridized carbons (Fsp3) is 0.385. The van der Waals surface area contributed by atoms with Crippen LogP contribution in [-0.4, -0.2) is 27.8 Å². The van der Waals surface area contributed by atoms with Gasteiger partial charge in [-0.3, -0.25) is 14.9 Å². The third-order valence-corrected chi connectivity index (χ3v) is 3.65. The highest BCUT2D eigenvalue weighted by atomic mass is 32.1. The van der Waals surface area contributed by atoms with E-state index in [9.17, 15) is 9.59 Å². The molecule has 2 heterocycles. The number of amides is 1. The van der Waals surface area contributed by atoms with Gasteiger partial charge in [-0.15, -0.1) is 10.2 Å². The zero-order valence-corrected chi connectivity index (χ0v) is 12.9. The predicted molar refractivity (Wildman–Crippen MR) is 79.4 cm³/mol. The highest BCUT2D eigenvalue weighted by Crippen LogP contribution is 2.15. The lowest BCUT2D eigenvalue weighted by atomic mass is 10.3. The van der Waals surface area contributed by atoms with Crippen LogP contribution in [0, 0.1) is 13.8 Å². The molecule has 0 unspecified atom stereocenters. The molecule has 0 radical (unpaired) electrons. The molecule has 0 aliphatic rings. The molecule has 0 spiro atoms. The third-order valence-electron chi connectivity index (χ3n) is 2.84. The fourth-order valence-electron chi connectivity index (χ4n) is 1.93. The van der Waals surface area contributed by atoms with Crippen LogP contribution in [0.1, 0.15) is 16.4 Å². The number of aromatic nitrogens is 3. The van der Waals surface area contributed by atoms with Crippen LogP contribution in [0.4, 0.5) is 5.13 Å². The summed E-state index contributed by atoms with van der Waals surface area (Å²) in [5.41, 5.74) is 1.43. The van der Waals surface area contributed by atoms with Gasteiger partial charge in [-0.25, -0.2) is 0 Å². The van der Waals surface area contributed by atoms with Crippen molar-refractivity contribution in [1.29, 1.82) is 0 Å². The van der Waals surface area contributed by atoms with Crippen LogP contribution in [0.2, 0.25) is 0 Å². The number of methoxy groups -OCH3 is 1. The molecule has 0 fully saturated rings. The summed E-state index contributed by atoms with van der Waals surface area (Å²) in [5, 5.41) is 11.6. The number of hydrogen-bond acceptors (Lipinski definition) is 6. The molecule has 112 valence electrons. The van der Waals surface area contributed by atoms with Crippen LogP contribution in [0.25, 0.3) is 0 Å². The van der Waals surface area contributed by atoms with E-state index in [0.29, 0.717) is 16.7 Å². The van der Waals surface area contributed by atoms with Gasteiger partial charge < -0.3 is 9.30 Å². The van der Waals surface area contributed by atoms with E-state index in [2.05, 4.69) is 15.5 Å². The molecule has 0 aliphatic heterocycles. The molecule has 2 aromatic rings. The van der Waals surface area contributed by atoms with E-state index in [0.717, 1.165) is 11.4 Å². The average Bonchev–Trinajstić information content (AvgIpc) is 2.81. The lowest BCUT2D eigenvalue weighted by molar-refractivity contribution is -0.116. The summed E-state index contributed by atoms with van der Waals surface area (Å²) in [7, 11) is 1.57. The van der Waals surface area contributed by atoms with E-state index < -0.39 is 0 Å². The molecule has 0 saturated heterocycles. The Hall–Kier alpha value is -2.06. The zero-order chi connectivity index (χ0) is 15.4. The summed E-state index contributed by atoms with van der Waals surface area (Å²) < 4.78 is 6.72. The zero-order valence-electron chi connectivity index (χ0n) is 12.0. The first kappa shape index (κ1) is 15.3. The maximum absolute atomic E-state index is 12.0. The van der Waals surface area contributed by atoms with Gasteiger partial charge in [-0.1, -0.05) is 11.3 Å². The van der Waals surface area contributed by atoms with E-state index in [1.54, 1.807) is 25.5 Å². The largest absolute Gasteiger partial charge is 0.377 e. The Balaban J connectivity index is 2.06. The molecular weight excluding hydrogens is 292 g/mol. The highest BCUT2D eigenvalue weighted by Gasteiger charge is 2.10. The summed E-state index contributed by atoms with van der Waals surface area (Å²) >= 11 is 1.27. The van der Waals surface area contributed by atoms with Gasteiger partial charge in [0.05, 0.1) is 0 Å².